The highest BCUT2D eigenvalue weighted by Gasteiger charge is 2.22. The van der Waals surface area contributed by atoms with Crippen molar-refractivity contribution in [2.45, 2.75) is 26.3 Å². The van der Waals surface area contributed by atoms with Crippen LogP contribution in [0.2, 0.25) is 0 Å². The zero-order chi connectivity index (χ0) is 14.7. The minimum atomic E-state index is -0.491. The van der Waals surface area contributed by atoms with Crippen molar-refractivity contribution in [2.24, 2.45) is 5.92 Å². The first-order valence-corrected chi connectivity index (χ1v) is 6.50. The summed E-state index contributed by atoms with van der Waals surface area (Å²) in [6.45, 7) is 4.06. The number of nitrogens with zero attached hydrogens (tertiary/aromatic N) is 1. The van der Waals surface area contributed by atoms with Gasteiger partial charge in [-0.05, 0) is 24.5 Å². The Balaban J connectivity index is 2.24. The highest BCUT2D eigenvalue weighted by atomic mass is 16.5. The molecule has 0 aliphatic heterocycles. The number of oxazole rings is 1. The molecule has 0 aliphatic carbocycles. The predicted molar refractivity (Wildman–Crippen MR) is 77.3 cm³/mol. The molecule has 2 rings (SSSR count). The number of rotatable bonds is 5. The van der Waals surface area contributed by atoms with E-state index in [-0.39, 0.29) is 12.0 Å². The molecule has 2 aromatic rings. The first-order chi connectivity index (χ1) is 9.51. The number of nitrogens with two attached hydrogens (primary N) is 1. The van der Waals surface area contributed by atoms with Crippen LogP contribution in [0.15, 0.2) is 22.6 Å². The van der Waals surface area contributed by atoms with Gasteiger partial charge >= 0.3 is 5.97 Å². The molecule has 1 aromatic heterocycles. The lowest BCUT2D eigenvalue weighted by Gasteiger charge is -2.16. The Morgan fingerprint density at radius 1 is 1.50 bits per heavy atom. The zero-order valence-electron chi connectivity index (χ0n) is 11.8. The van der Waals surface area contributed by atoms with Crippen molar-refractivity contribution in [1.29, 1.82) is 0 Å². The number of methoxy groups -OCH3 is 1. The molecule has 0 saturated carbocycles. The molecule has 1 aromatic carbocycles. The molecule has 1 atom stereocenters. The number of ether oxygens (including phenoxy) is 1. The van der Waals surface area contributed by atoms with Crippen LogP contribution in [-0.2, 0) is 9.53 Å². The average Bonchev–Trinajstić information content (AvgIpc) is 2.80. The van der Waals surface area contributed by atoms with Crippen LogP contribution in [0.1, 0.15) is 20.3 Å². The smallest absolute Gasteiger partial charge is 0.328 e. The van der Waals surface area contributed by atoms with Gasteiger partial charge in [0.2, 0.25) is 0 Å². The van der Waals surface area contributed by atoms with Crippen LogP contribution < -0.4 is 11.1 Å². The van der Waals surface area contributed by atoms with Gasteiger partial charge in [-0.1, -0.05) is 19.9 Å². The molecule has 0 fully saturated rings. The molecule has 0 spiro atoms. The summed E-state index contributed by atoms with van der Waals surface area (Å²) in [5.74, 6) is -0.00465. The van der Waals surface area contributed by atoms with Crippen LogP contribution in [0.25, 0.3) is 11.1 Å². The number of hydrogen-bond donors (Lipinski definition) is 2. The quantitative estimate of drug-likeness (QED) is 0.644. The average molecular weight is 277 g/mol. The third-order valence-corrected chi connectivity index (χ3v) is 2.94. The van der Waals surface area contributed by atoms with Crippen LogP contribution in [0, 0.1) is 5.92 Å². The monoisotopic (exact) mass is 277 g/mol. The lowest BCUT2D eigenvalue weighted by Crippen LogP contribution is -2.32. The van der Waals surface area contributed by atoms with E-state index < -0.39 is 6.04 Å². The number of carbonyl (C=O) groups is 1. The zero-order valence-corrected chi connectivity index (χ0v) is 11.8. The van der Waals surface area contributed by atoms with Gasteiger partial charge in [-0.25, -0.2) is 4.79 Å². The van der Waals surface area contributed by atoms with E-state index in [1.165, 1.54) is 7.11 Å². The van der Waals surface area contributed by atoms with Gasteiger partial charge in [-0.15, -0.1) is 0 Å². The first kappa shape index (κ1) is 14.2. The highest BCUT2D eigenvalue weighted by Crippen LogP contribution is 2.24. The number of anilines is 2. The molecule has 0 aliphatic rings. The Morgan fingerprint density at radius 2 is 2.25 bits per heavy atom. The van der Waals surface area contributed by atoms with Crippen LogP contribution in [0.3, 0.4) is 0 Å². The van der Waals surface area contributed by atoms with Crippen molar-refractivity contribution in [3.05, 3.63) is 18.2 Å². The van der Waals surface area contributed by atoms with E-state index in [2.05, 4.69) is 10.3 Å². The first-order valence-electron chi connectivity index (χ1n) is 6.50. The second kappa shape index (κ2) is 5.81. The normalized spacial score (nSPS) is 12.6. The maximum absolute atomic E-state index is 11.8. The van der Waals surface area contributed by atoms with Crippen LogP contribution in [-0.4, -0.2) is 24.1 Å². The van der Waals surface area contributed by atoms with Crippen LogP contribution in [0.5, 0.6) is 0 Å². The van der Waals surface area contributed by atoms with E-state index in [0.29, 0.717) is 29.1 Å². The molecule has 0 radical (unpaired) electrons. The fraction of sp³-hybridized carbons (Fsp3) is 0.429. The van der Waals surface area contributed by atoms with Gasteiger partial charge in [-0.2, -0.15) is 4.98 Å². The summed E-state index contributed by atoms with van der Waals surface area (Å²) in [5, 5.41) is 2.97. The highest BCUT2D eigenvalue weighted by molar-refractivity contribution is 5.87. The van der Waals surface area contributed by atoms with Crippen molar-refractivity contribution in [3.8, 4) is 0 Å². The molecule has 0 saturated heterocycles. The molecule has 0 bridgehead atoms. The Kier molecular flexibility index (Phi) is 4.12. The second-order valence-corrected chi connectivity index (χ2v) is 5.06. The topological polar surface area (TPSA) is 90.4 Å². The number of nitrogen functional groups attached to an aromatic ring is 1. The largest absolute Gasteiger partial charge is 0.467 e. The van der Waals surface area contributed by atoms with Crippen LogP contribution >= 0.6 is 0 Å². The molecule has 6 heteroatoms. The van der Waals surface area contributed by atoms with Gasteiger partial charge in [0.1, 0.15) is 11.6 Å². The fourth-order valence-corrected chi connectivity index (χ4v) is 2.01. The van der Waals surface area contributed by atoms with E-state index in [9.17, 15) is 4.79 Å². The molecular weight excluding hydrogens is 258 g/mol. The van der Waals surface area contributed by atoms with Gasteiger partial charge in [0, 0.05) is 0 Å². The van der Waals surface area contributed by atoms with Gasteiger partial charge in [0.25, 0.3) is 6.01 Å². The fourth-order valence-electron chi connectivity index (χ4n) is 2.01. The van der Waals surface area contributed by atoms with Gasteiger partial charge in [-0.3, -0.25) is 0 Å². The van der Waals surface area contributed by atoms with Crippen molar-refractivity contribution < 1.29 is 13.9 Å². The third kappa shape index (κ3) is 3.01. The SMILES string of the molecule is COC(=O)C(CC(C)C)Nc1nc2c(N)cccc2o1. The Morgan fingerprint density at radius 3 is 2.85 bits per heavy atom. The number of esters is 1. The second-order valence-electron chi connectivity index (χ2n) is 5.06. The van der Waals surface area contributed by atoms with E-state index in [1.807, 2.05) is 13.8 Å². The number of benzene rings is 1. The molecule has 3 N–H and O–H groups in total. The molecule has 108 valence electrons. The number of nitrogens with one attached hydrogen (secondary N) is 1. The maximum atomic E-state index is 11.8. The molecule has 6 nitrogen and oxygen atoms in total. The van der Waals surface area contributed by atoms with E-state index in [0.717, 1.165) is 0 Å². The number of hydrogen-bond acceptors (Lipinski definition) is 6. The molecule has 1 heterocycles. The van der Waals surface area contributed by atoms with Crippen molar-refractivity contribution in [2.75, 3.05) is 18.2 Å². The molecular formula is C14H19N3O3. The van der Waals surface area contributed by atoms with Crippen molar-refractivity contribution in [1.82, 2.24) is 4.98 Å². The minimum absolute atomic E-state index is 0.272. The summed E-state index contributed by atoms with van der Waals surface area (Å²) < 4.78 is 10.3. The summed E-state index contributed by atoms with van der Waals surface area (Å²) in [5.41, 5.74) is 7.53. The van der Waals surface area contributed by atoms with Gasteiger partial charge < -0.3 is 20.2 Å². The maximum Gasteiger partial charge on any atom is 0.328 e. The predicted octanol–water partition coefficient (Wildman–Crippen LogP) is 2.41. The lowest BCUT2D eigenvalue weighted by atomic mass is 10.0. The molecule has 20 heavy (non-hydrogen) atoms. The summed E-state index contributed by atoms with van der Waals surface area (Å²) in [6.07, 6.45) is 0.626. The third-order valence-electron chi connectivity index (χ3n) is 2.94. The standard InChI is InChI=1S/C14H19N3O3/c1-8(2)7-10(13(18)19-3)16-14-17-12-9(15)5-4-6-11(12)20-14/h4-6,8,10H,7,15H2,1-3H3,(H,16,17). The van der Waals surface area contributed by atoms with E-state index >= 15 is 0 Å². The summed E-state index contributed by atoms with van der Waals surface area (Å²) in [4.78, 5) is 16.0. The lowest BCUT2D eigenvalue weighted by molar-refractivity contribution is -0.141. The number of aromatic nitrogens is 1. The van der Waals surface area contributed by atoms with Crippen LogP contribution in [0.4, 0.5) is 11.7 Å². The van der Waals surface area contributed by atoms with Crippen molar-refractivity contribution >= 4 is 28.8 Å². The van der Waals surface area contributed by atoms with E-state index in [1.54, 1.807) is 18.2 Å². The number of carbonyl (C=O) groups excluding carboxylic acids is 1. The Hall–Kier alpha value is -2.24. The summed E-state index contributed by atoms with van der Waals surface area (Å²) in [7, 11) is 1.36. The minimum Gasteiger partial charge on any atom is -0.467 e. The number of fused-ring (bicyclic) bond motifs is 1. The molecule has 1 unspecified atom stereocenters. The van der Waals surface area contributed by atoms with E-state index in [4.69, 9.17) is 14.9 Å². The Labute approximate surface area is 117 Å². The number of para-hydroxylation sites is 1. The molecule has 0 amide bonds. The van der Waals surface area contributed by atoms with Gasteiger partial charge in [0.05, 0.1) is 12.8 Å². The Bertz CT molecular complexity index is 607. The van der Waals surface area contributed by atoms with Crippen molar-refractivity contribution in [3.63, 3.8) is 0 Å². The van der Waals surface area contributed by atoms with Gasteiger partial charge in [0.15, 0.2) is 5.58 Å². The summed E-state index contributed by atoms with van der Waals surface area (Å²) in [6, 6.07) is 5.10. The summed E-state index contributed by atoms with van der Waals surface area (Å²) >= 11 is 0.